The van der Waals surface area contributed by atoms with Crippen LogP contribution in [0.5, 0.6) is 0 Å². The minimum absolute atomic E-state index is 0.148. The molecule has 5 rings (SSSR count). The number of rotatable bonds is 7. The Balaban J connectivity index is 1.22. The molecule has 1 amide bonds. The van der Waals surface area contributed by atoms with Crippen LogP contribution in [0.1, 0.15) is 61.0 Å². The van der Waals surface area contributed by atoms with E-state index in [2.05, 4.69) is 17.1 Å². The lowest BCUT2D eigenvalue weighted by atomic mass is 9.99. The van der Waals surface area contributed by atoms with E-state index in [0.29, 0.717) is 18.8 Å². The quantitative estimate of drug-likeness (QED) is 0.558. The van der Waals surface area contributed by atoms with Gasteiger partial charge in [0.15, 0.2) is 5.65 Å². The van der Waals surface area contributed by atoms with Crippen molar-refractivity contribution in [2.75, 3.05) is 19.6 Å². The van der Waals surface area contributed by atoms with E-state index in [0.717, 1.165) is 47.2 Å². The van der Waals surface area contributed by atoms with Gasteiger partial charge in [0.2, 0.25) is 5.91 Å². The number of carbonyl (C=O) groups is 1. The average molecular weight is 460 g/mol. The summed E-state index contributed by atoms with van der Waals surface area (Å²) in [5, 5.41) is 9.09. The lowest BCUT2D eigenvalue weighted by Gasteiger charge is -2.23. The number of aromatic nitrogens is 3. The van der Waals surface area contributed by atoms with E-state index in [1.54, 1.807) is 0 Å². The molecule has 1 N–H and O–H groups in total. The van der Waals surface area contributed by atoms with Crippen LogP contribution in [-0.2, 0) is 11.2 Å². The van der Waals surface area contributed by atoms with Crippen molar-refractivity contribution in [3.8, 4) is 5.69 Å². The molecule has 1 aliphatic carbocycles. The van der Waals surface area contributed by atoms with Crippen LogP contribution in [0.25, 0.3) is 16.7 Å². The van der Waals surface area contributed by atoms with Gasteiger partial charge in [0, 0.05) is 36.6 Å². The number of fused-ring (bicyclic) bond motifs is 1. The maximum atomic E-state index is 12.7. The van der Waals surface area contributed by atoms with Crippen LogP contribution in [0.2, 0.25) is 0 Å². The summed E-state index contributed by atoms with van der Waals surface area (Å²) < 4.78 is 1.93. The molecule has 0 bridgehead atoms. The first-order chi connectivity index (χ1) is 16.5. The first kappa shape index (κ1) is 23.0. The van der Waals surface area contributed by atoms with E-state index < -0.39 is 0 Å². The number of hydrogen-bond donors (Lipinski definition) is 1. The molecule has 1 saturated carbocycles. The predicted molar refractivity (Wildman–Crippen MR) is 136 cm³/mol. The van der Waals surface area contributed by atoms with Crippen LogP contribution >= 0.6 is 0 Å². The largest absolute Gasteiger partial charge is 0.356 e. The number of amides is 1. The third-order valence-corrected chi connectivity index (χ3v) is 7.92. The smallest absolute Gasteiger partial charge is 0.220 e. The van der Waals surface area contributed by atoms with Crippen molar-refractivity contribution in [2.45, 2.75) is 71.8 Å². The van der Waals surface area contributed by atoms with E-state index in [1.807, 2.05) is 48.9 Å². The summed E-state index contributed by atoms with van der Waals surface area (Å²) >= 11 is 0. The van der Waals surface area contributed by atoms with Gasteiger partial charge in [-0.3, -0.25) is 4.79 Å². The van der Waals surface area contributed by atoms with Gasteiger partial charge < -0.3 is 10.2 Å². The Bertz CT molecular complexity index is 1160. The standard InChI is InChI=1S/C28H37N5O/c1-19-25(13-14-26(34)29-17-22-15-16-32(18-22)23-9-7-8-10-23)20(2)30-28-27(19)21(3)31-33(28)24-11-5-4-6-12-24/h4-6,11-12,22-23H,7-10,13-18H2,1-3H3,(H,29,34). The Labute approximate surface area is 202 Å². The van der Waals surface area contributed by atoms with Crippen molar-refractivity contribution in [2.24, 2.45) is 5.92 Å². The van der Waals surface area contributed by atoms with Gasteiger partial charge in [0.1, 0.15) is 0 Å². The summed E-state index contributed by atoms with van der Waals surface area (Å²) in [7, 11) is 0. The Morgan fingerprint density at radius 2 is 1.82 bits per heavy atom. The highest BCUT2D eigenvalue weighted by Gasteiger charge is 2.30. The third kappa shape index (κ3) is 4.61. The summed E-state index contributed by atoms with van der Waals surface area (Å²) in [6, 6.07) is 10.9. The lowest BCUT2D eigenvalue weighted by Crippen LogP contribution is -2.34. The SMILES string of the molecule is Cc1nc2c(c(C)nn2-c2ccccc2)c(C)c1CCC(=O)NCC1CCN(C2CCCC2)C1. The molecule has 180 valence electrons. The molecule has 1 atom stereocenters. The molecule has 3 heterocycles. The molecule has 6 heteroatoms. The molecule has 2 fully saturated rings. The summed E-state index contributed by atoms with van der Waals surface area (Å²) in [6.45, 7) is 9.39. The molecule has 6 nitrogen and oxygen atoms in total. The maximum absolute atomic E-state index is 12.7. The summed E-state index contributed by atoms with van der Waals surface area (Å²) in [5.41, 5.74) is 6.22. The monoisotopic (exact) mass is 459 g/mol. The van der Waals surface area contributed by atoms with Gasteiger partial charge in [0.05, 0.1) is 11.4 Å². The van der Waals surface area contributed by atoms with Crippen molar-refractivity contribution < 1.29 is 4.79 Å². The van der Waals surface area contributed by atoms with Crippen LogP contribution in [0.4, 0.5) is 0 Å². The van der Waals surface area contributed by atoms with Gasteiger partial charge >= 0.3 is 0 Å². The Kier molecular flexibility index (Phi) is 6.68. The molecule has 3 aromatic rings. The number of carbonyl (C=O) groups excluding carboxylic acids is 1. The van der Waals surface area contributed by atoms with E-state index in [1.165, 1.54) is 49.8 Å². The third-order valence-electron chi connectivity index (χ3n) is 7.92. The molecule has 34 heavy (non-hydrogen) atoms. The average Bonchev–Trinajstić information content (AvgIpc) is 3.58. The van der Waals surface area contributed by atoms with Crippen molar-refractivity contribution in [1.82, 2.24) is 25.0 Å². The highest BCUT2D eigenvalue weighted by Crippen LogP contribution is 2.29. The first-order valence-electron chi connectivity index (χ1n) is 12.9. The van der Waals surface area contributed by atoms with Crippen LogP contribution < -0.4 is 5.32 Å². The van der Waals surface area contributed by atoms with Gasteiger partial charge in [-0.05, 0) is 82.2 Å². The molecular weight excluding hydrogens is 422 g/mol. The van der Waals surface area contributed by atoms with Gasteiger partial charge in [-0.2, -0.15) is 5.10 Å². The maximum Gasteiger partial charge on any atom is 0.220 e. The molecule has 2 aliphatic rings. The minimum atomic E-state index is 0.148. The topological polar surface area (TPSA) is 63.1 Å². The van der Waals surface area contributed by atoms with Gasteiger partial charge in [-0.25, -0.2) is 9.67 Å². The number of pyridine rings is 1. The zero-order valence-corrected chi connectivity index (χ0v) is 20.8. The van der Waals surface area contributed by atoms with Crippen molar-refractivity contribution >= 4 is 16.9 Å². The highest BCUT2D eigenvalue weighted by atomic mass is 16.1. The van der Waals surface area contributed by atoms with Crippen LogP contribution in [0, 0.1) is 26.7 Å². The molecule has 1 aliphatic heterocycles. The summed E-state index contributed by atoms with van der Waals surface area (Å²) in [4.78, 5) is 20.3. The second kappa shape index (κ2) is 9.87. The zero-order chi connectivity index (χ0) is 23.7. The summed E-state index contributed by atoms with van der Waals surface area (Å²) in [5.74, 6) is 0.743. The zero-order valence-electron chi connectivity index (χ0n) is 20.8. The molecule has 0 radical (unpaired) electrons. The fourth-order valence-electron chi connectivity index (χ4n) is 6.04. The van der Waals surface area contributed by atoms with Crippen LogP contribution in [0.15, 0.2) is 30.3 Å². The fraction of sp³-hybridized carbons (Fsp3) is 0.536. The normalized spacial score (nSPS) is 19.3. The number of likely N-dealkylation sites (tertiary alicyclic amines) is 1. The second-order valence-electron chi connectivity index (χ2n) is 10.2. The predicted octanol–water partition coefficient (Wildman–Crippen LogP) is 4.66. The fourth-order valence-corrected chi connectivity index (χ4v) is 6.04. The lowest BCUT2D eigenvalue weighted by molar-refractivity contribution is -0.121. The molecular formula is C28H37N5O. The molecule has 1 aromatic carbocycles. The van der Waals surface area contributed by atoms with Crippen LogP contribution in [-0.4, -0.2) is 51.2 Å². The van der Waals surface area contributed by atoms with Crippen molar-refractivity contribution in [3.63, 3.8) is 0 Å². The Morgan fingerprint density at radius 3 is 2.59 bits per heavy atom. The summed E-state index contributed by atoms with van der Waals surface area (Å²) in [6.07, 6.45) is 7.91. The molecule has 1 saturated heterocycles. The van der Waals surface area contributed by atoms with E-state index >= 15 is 0 Å². The van der Waals surface area contributed by atoms with E-state index in [4.69, 9.17) is 10.1 Å². The van der Waals surface area contributed by atoms with E-state index in [9.17, 15) is 4.79 Å². The molecule has 1 unspecified atom stereocenters. The van der Waals surface area contributed by atoms with Gasteiger partial charge in [0.25, 0.3) is 0 Å². The Morgan fingerprint density at radius 1 is 1.06 bits per heavy atom. The van der Waals surface area contributed by atoms with Crippen LogP contribution in [0.3, 0.4) is 0 Å². The minimum Gasteiger partial charge on any atom is -0.356 e. The Hall–Kier alpha value is -2.73. The molecule has 0 spiro atoms. The second-order valence-corrected chi connectivity index (χ2v) is 10.2. The number of para-hydroxylation sites is 1. The van der Waals surface area contributed by atoms with Crippen molar-refractivity contribution in [1.29, 1.82) is 0 Å². The number of hydrogen-bond acceptors (Lipinski definition) is 4. The number of nitrogens with zero attached hydrogens (tertiary/aromatic N) is 4. The van der Waals surface area contributed by atoms with Gasteiger partial charge in [-0.15, -0.1) is 0 Å². The number of nitrogens with one attached hydrogen (secondary N) is 1. The van der Waals surface area contributed by atoms with Crippen molar-refractivity contribution in [3.05, 3.63) is 52.8 Å². The first-order valence-corrected chi connectivity index (χ1v) is 12.9. The number of benzene rings is 1. The van der Waals surface area contributed by atoms with E-state index in [-0.39, 0.29) is 5.91 Å². The highest BCUT2D eigenvalue weighted by molar-refractivity contribution is 5.85. The number of aryl methyl sites for hydroxylation is 3. The van der Waals surface area contributed by atoms with Gasteiger partial charge in [-0.1, -0.05) is 31.0 Å². The molecule has 2 aromatic heterocycles.